The van der Waals surface area contributed by atoms with Crippen LogP contribution < -0.4 is 5.32 Å². The number of esters is 1. The number of ketones is 1. The Kier molecular flexibility index (Phi) is 7.57. The molecule has 6 nitrogen and oxygen atoms in total. The smallest absolute Gasteiger partial charge is 0.408 e. The van der Waals surface area contributed by atoms with Crippen molar-refractivity contribution in [2.75, 3.05) is 7.11 Å². The highest BCUT2D eigenvalue weighted by Crippen LogP contribution is 2.08. The van der Waals surface area contributed by atoms with E-state index in [-0.39, 0.29) is 5.78 Å². The zero-order valence-corrected chi connectivity index (χ0v) is 12.7. The molecule has 1 atom stereocenters. The lowest BCUT2D eigenvalue weighted by molar-refractivity contribution is -0.143. The molecule has 0 aromatic carbocycles. The molecule has 0 heterocycles. The maximum Gasteiger partial charge on any atom is 0.408 e. The van der Waals surface area contributed by atoms with Gasteiger partial charge in [-0.2, -0.15) is 0 Å². The molecule has 20 heavy (non-hydrogen) atoms. The highest BCUT2D eigenvalue weighted by atomic mass is 16.6. The van der Waals surface area contributed by atoms with Crippen LogP contribution in [-0.4, -0.2) is 36.6 Å². The molecule has 0 fully saturated rings. The average molecular weight is 285 g/mol. The third kappa shape index (κ3) is 9.13. The number of hydrogen-bond donors (Lipinski definition) is 1. The van der Waals surface area contributed by atoms with Crippen molar-refractivity contribution in [3.63, 3.8) is 0 Å². The van der Waals surface area contributed by atoms with Crippen LogP contribution in [0, 0.1) is 0 Å². The predicted molar refractivity (Wildman–Crippen MR) is 74.2 cm³/mol. The second kappa shape index (κ2) is 8.35. The summed E-state index contributed by atoms with van der Waals surface area (Å²) in [5.74, 6) is -0.619. The van der Waals surface area contributed by atoms with Gasteiger partial charge in [0, 0.05) is 0 Å². The number of amides is 1. The van der Waals surface area contributed by atoms with E-state index in [0.29, 0.717) is 12.8 Å². The van der Waals surface area contributed by atoms with E-state index >= 15 is 0 Å². The zero-order chi connectivity index (χ0) is 15.8. The van der Waals surface area contributed by atoms with Gasteiger partial charge in [0.05, 0.1) is 7.11 Å². The summed E-state index contributed by atoms with van der Waals surface area (Å²) in [5.41, 5.74) is -0.640. The molecule has 1 amide bonds. The van der Waals surface area contributed by atoms with Crippen LogP contribution in [0.2, 0.25) is 0 Å². The fourth-order valence-electron chi connectivity index (χ4n) is 1.35. The van der Waals surface area contributed by atoms with Crippen molar-refractivity contribution < 1.29 is 23.9 Å². The van der Waals surface area contributed by atoms with Gasteiger partial charge in [0.15, 0.2) is 5.78 Å². The van der Waals surface area contributed by atoms with Gasteiger partial charge in [-0.15, -0.1) is 0 Å². The second-order valence-corrected chi connectivity index (χ2v) is 5.31. The summed E-state index contributed by atoms with van der Waals surface area (Å²) in [6, 6.07) is -0.800. The normalized spacial score (nSPS) is 12.8. The Balaban J connectivity index is 4.46. The van der Waals surface area contributed by atoms with Crippen LogP contribution in [0.3, 0.4) is 0 Å². The molecule has 0 saturated heterocycles. The van der Waals surface area contributed by atoms with E-state index in [0.717, 1.165) is 0 Å². The summed E-state index contributed by atoms with van der Waals surface area (Å²) in [6.07, 6.45) is 3.19. The molecule has 0 aliphatic heterocycles. The number of rotatable bonds is 6. The highest BCUT2D eigenvalue weighted by Gasteiger charge is 2.24. The molecule has 0 aliphatic rings. The number of nitrogens with one attached hydrogen (secondary N) is 1. The van der Waals surface area contributed by atoms with Gasteiger partial charge in [0.25, 0.3) is 0 Å². The van der Waals surface area contributed by atoms with Crippen molar-refractivity contribution >= 4 is 17.8 Å². The Morgan fingerprint density at radius 1 is 1.25 bits per heavy atom. The van der Waals surface area contributed by atoms with Gasteiger partial charge in [-0.1, -0.05) is 6.08 Å². The van der Waals surface area contributed by atoms with Gasteiger partial charge < -0.3 is 14.8 Å². The van der Waals surface area contributed by atoms with Gasteiger partial charge in [-0.25, -0.2) is 9.59 Å². The molecule has 0 rings (SSSR count). The molecule has 1 N–H and O–H groups in total. The Labute approximate surface area is 119 Å². The number of carbonyl (C=O) groups is 3. The first-order chi connectivity index (χ1) is 9.15. The molecule has 0 bridgehead atoms. The van der Waals surface area contributed by atoms with Crippen molar-refractivity contribution in [3.8, 4) is 0 Å². The van der Waals surface area contributed by atoms with Gasteiger partial charge in [0.2, 0.25) is 0 Å². The Hall–Kier alpha value is -1.85. The number of allylic oxidation sites excluding steroid dienone is 2. The van der Waals surface area contributed by atoms with E-state index in [4.69, 9.17) is 4.74 Å². The molecular weight excluding hydrogens is 262 g/mol. The third-order valence-electron chi connectivity index (χ3n) is 2.15. The fourth-order valence-corrected chi connectivity index (χ4v) is 1.35. The van der Waals surface area contributed by atoms with Gasteiger partial charge >= 0.3 is 12.1 Å². The summed E-state index contributed by atoms with van der Waals surface area (Å²) in [6.45, 7) is 6.63. The maximum absolute atomic E-state index is 11.6. The van der Waals surface area contributed by atoms with Crippen LogP contribution >= 0.6 is 0 Å². The number of carbonyl (C=O) groups excluding carboxylic acids is 3. The first-order valence-corrected chi connectivity index (χ1v) is 6.40. The Bertz CT molecular complexity index is 382. The van der Waals surface area contributed by atoms with E-state index in [1.165, 1.54) is 20.1 Å². The number of alkyl carbamates (subject to hydrolysis) is 1. The molecule has 0 spiro atoms. The monoisotopic (exact) mass is 285 g/mol. The predicted octanol–water partition coefficient (Wildman–Crippen LogP) is 1.98. The van der Waals surface area contributed by atoms with E-state index in [1.807, 2.05) is 0 Å². The lowest BCUT2D eigenvalue weighted by atomic mass is 10.1. The molecule has 0 radical (unpaired) electrons. The van der Waals surface area contributed by atoms with E-state index in [2.05, 4.69) is 10.1 Å². The van der Waals surface area contributed by atoms with Crippen LogP contribution in [0.5, 0.6) is 0 Å². The largest absolute Gasteiger partial charge is 0.467 e. The Morgan fingerprint density at radius 3 is 2.30 bits per heavy atom. The second-order valence-electron chi connectivity index (χ2n) is 5.31. The molecular formula is C14H23NO5. The maximum atomic E-state index is 11.6. The van der Waals surface area contributed by atoms with Crippen LogP contribution in [0.25, 0.3) is 0 Å². The van der Waals surface area contributed by atoms with E-state index < -0.39 is 23.7 Å². The third-order valence-corrected chi connectivity index (χ3v) is 2.15. The number of methoxy groups -OCH3 is 1. The summed E-state index contributed by atoms with van der Waals surface area (Å²) < 4.78 is 9.70. The van der Waals surface area contributed by atoms with Crippen molar-refractivity contribution in [3.05, 3.63) is 12.2 Å². The SMILES string of the molecule is COC(=O)[C@H](CC/C=C/C(C)=O)NC(=O)OC(C)(C)C. The standard InChI is InChI=1S/C14H23NO5/c1-10(16)8-6-7-9-11(12(17)19-5)15-13(18)20-14(2,3)4/h6,8,11H,7,9H2,1-5H3,(H,15,18)/b8-6+/t11-/m0/s1. The van der Waals surface area contributed by atoms with Crippen molar-refractivity contribution in [2.45, 2.75) is 52.2 Å². The molecule has 114 valence electrons. The quantitative estimate of drug-likeness (QED) is 0.596. The summed E-state index contributed by atoms with van der Waals surface area (Å²) >= 11 is 0. The summed E-state index contributed by atoms with van der Waals surface area (Å²) in [5, 5.41) is 2.46. The van der Waals surface area contributed by atoms with Crippen LogP contribution in [-0.2, 0) is 19.1 Å². The van der Waals surface area contributed by atoms with Crippen LogP contribution in [0.15, 0.2) is 12.2 Å². The van der Waals surface area contributed by atoms with Gasteiger partial charge in [0.1, 0.15) is 11.6 Å². The minimum atomic E-state index is -0.800. The topological polar surface area (TPSA) is 81.7 Å². The van der Waals surface area contributed by atoms with Crippen LogP contribution in [0.1, 0.15) is 40.5 Å². The molecule has 0 aromatic rings. The fraction of sp³-hybridized carbons (Fsp3) is 0.643. The van der Waals surface area contributed by atoms with Crippen molar-refractivity contribution in [1.29, 1.82) is 0 Å². The molecule has 0 aliphatic carbocycles. The number of hydrogen-bond acceptors (Lipinski definition) is 5. The van der Waals surface area contributed by atoms with Gasteiger partial charge in [-0.05, 0) is 46.6 Å². The summed E-state index contributed by atoms with van der Waals surface area (Å²) in [4.78, 5) is 33.9. The number of ether oxygens (including phenoxy) is 2. The average Bonchev–Trinajstić information content (AvgIpc) is 2.29. The minimum absolute atomic E-state index is 0.0697. The van der Waals surface area contributed by atoms with Gasteiger partial charge in [-0.3, -0.25) is 4.79 Å². The lowest BCUT2D eigenvalue weighted by Gasteiger charge is -2.22. The van der Waals surface area contributed by atoms with E-state index in [1.54, 1.807) is 26.8 Å². The first-order valence-electron chi connectivity index (χ1n) is 6.40. The highest BCUT2D eigenvalue weighted by molar-refractivity contribution is 5.87. The van der Waals surface area contributed by atoms with Crippen LogP contribution in [0.4, 0.5) is 4.79 Å². The lowest BCUT2D eigenvalue weighted by Crippen LogP contribution is -2.43. The summed E-state index contributed by atoms with van der Waals surface area (Å²) in [7, 11) is 1.25. The van der Waals surface area contributed by atoms with E-state index in [9.17, 15) is 14.4 Å². The molecule has 0 unspecified atom stereocenters. The van der Waals surface area contributed by atoms with Crippen molar-refractivity contribution in [1.82, 2.24) is 5.32 Å². The first kappa shape index (κ1) is 18.1. The Morgan fingerprint density at radius 2 is 1.85 bits per heavy atom. The molecule has 0 saturated carbocycles. The molecule has 6 heteroatoms. The molecule has 0 aromatic heterocycles. The van der Waals surface area contributed by atoms with Crippen molar-refractivity contribution in [2.24, 2.45) is 0 Å². The zero-order valence-electron chi connectivity index (χ0n) is 12.7. The minimum Gasteiger partial charge on any atom is -0.467 e.